The van der Waals surface area contributed by atoms with E-state index in [9.17, 15) is 14.7 Å². The van der Waals surface area contributed by atoms with Crippen LogP contribution in [0.15, 0.2) is 0 Å². The number of piperidine rings is 2. The Morgan fingerprint density at radius 1 is 1.14 bits per heavy atom. The van der Waals surface area contributed by atoms with Gasteiger partial charge in [-0.25, -0.2) is 14.6 Å². The Morgan fingerprint density at radius 2 is 1.76 bits per heavy atom. The van der Waals surface area contributed by atoms with Crippen LogP contribution in [0.3, 0.4) is 0 Å². The second-order valence-electron chi connectivity index (χ2n) is 6.64. The number of nitrogens with one attached hydrogen (secondary N) is 1. The molecule has 0 spiro atoms. The van der Waals surface area contributed by atoms with Crippen LogP contribution >= 0.6 is 0 Å². The molecule has 0 aliphatic carbocycles. The summed E-state index contributed by atoms with van der Waals surface area (Å²) in [6.45, 7) is 6.35. The highest BCUT2D eigenvalue weighted by molar-refractivity contribution is 5.86. The van der Waals surface area contributed by atoms with Crippen molar-refractivity contribution in [2.24, 2.45) is 0 Å². The molecule has 0 bridgehead atoms. The van der Waals surface area contributed by atoms with E-state index in [0.29, 0.717) is 25.0 Å². The summed E-state index contributed by atoms with van der Waals surface area (Å²) in [7, 11) is 0. The molecule has 0 saturated carbocycles. The lowest BCUT2D eigenvalue weighted by molar-refractivity contribution is -0.150. The van der Waals surface area contributed by atoms with Crippen LogP contribution in [0.4, 0.5) is 4.79 Å². The third-order valence-electron chi connectivity index (χ3n) is 5.02. The zero-order valence-corrected chi connectivity index (χ0v) is 13.3. The van der Waals surface area contributed by atoms with E-state index in [0.717, 1.165) is 25.7 Å². The van der Waals surface area contributed by atoms with Gasteiger partial charge in [-0.3, -0.25) is 5.43 Å². The molecule has 2 fully saturated rings. The molecule has 2 heterocycles. The summed E-state index contributed by atoms with van der Waals surface area (Å²) in [4.78, 5) is 25.7. The maximum Gasteiger partial charge on any atom is 0.332 e. The van der Waals surface area contributed by atoms with Crippen molar-refractivity contribution in [3.63, 3.8) is 0 Å². The summed E-state index contributed by atoms with van der Waals surface area (Å²) in [5.41, 5.74) is 1.86. The molecule has 0 aromatic heterocycles. The first kappa shape index (κ1) is 16.1. The van der Waals surface area contributed by atoms with Gasteiger partial charge in [0, 0.05) is 18.6 Å². The van der Waals surface area contributed by atoms with Gasteiger partial charge in [-0.1, -0.05) is 6.42 Å². The fourth-order valence-electron chi connectivity index (χ4n) is 3.48. The molecule has 2 aliphatic heterocycles. The largest absolute Gasteiger partial charge is 0.480 e. The Hall–Kier alpha value is -1.30. The van der Waals surface area contributed by atoms with E-state index in [4.69, 9.17) is 0 Å². The van der Waals surface area contributed by atoms with Crippen LogP contribution in [0, 0.1) is 0 Å². The second-order valence-corrected chi connectivity index (χ2v) is 6.64. The summed E-state index contributed by atoms with van der Waals surface area (Å²) in [5, 5.41) is 11.5. The van der Waals surface area contributed by atoms with Crippen LogP contribution in [-0.4, -0.2) is 51.2 Å². The molecule has 0 aromatic carbocycles. The zero-order valence-electron chi connectivity index (χ0n) is 13.3. The molecule has 2 rings (SSSR count). The molecule has 2 aliphatic rings. The van der Waals surface area contributed by atoms with Gasteiger partial charge in [0.05, 0.1) is 0 Å². The van der Waals surface area contributed by atoms with Crippen molar-refractivity contribution in [1.29, 1.82) is 0 Å². The zero-order chi connectivity index (χ0) is 15.6. The Kier molecular flexibility index (Phi) is 4.76. The monoisotopic (exact) mass is 297 g/mol. The first-order valence-electron chi connectivity index (χ1n) is 7.96. The highest BCUT2D eigenvalue weighted by Gasteiger charge is 2.44. The molecule has 2 amide bonds. The van der Waals surface area contributed by atoms with Gasteiger partial charge in [-0.2, -0.15) is 0 Å². The third-order valence-corrected chi connectivity index (χ3v) is 5.02. The van der Waals surface area contributed by atoms with Gasteiger partial charge in [0.1, 0.15) is 5.54 Å². The molecule has 2 saturated heterocycles. The quantitative estimate of drug-likeness (QED) is 0.819. The summed E-state index contributed by atoms with van der Waals surface area (Å²) < 4.78 is 0. The van der Waals surface area contributed by atoms with Gasteiger partial charge >= 0.3 is 12.0 Å². The number of hydrogen-bond acceptors (Lipinski definition) is 3. The average Bonchev–Trinajstić information content (AvgIpc) is 2.43. The lowest BCUT2D eigenvalue weighted by Gasteiger charge is -2.45. The van der Waals surface area contributed by atoms with E-state index in [2.05, 4.69) is 19.3 Å². The minimum absolute atomic E-state index is 0.278. The number of aliphatic carboxylic acids is 1. The van der Waals surface area contributed by atoms with Crippen molar-refractivity contribution in [3.8, 4) is 0 Å². The number of carbonyl (C=O) groups excluding carboxylic acids is 1. The number of likely N-dealkylation sites (tertiary alicyclic amines) is 1. The van der Waals surface area contributed by atoms with E-state index >= 15 is 0 Å². The number of carboxylic acid groups (broad SMARTS) is 1. The number of rotatable bonds is 2. The van der Waals surface area contributed by atoms with Gasteiger partial charge in [0.25, 0.3) is 0 Å². The van der Waals surface area contributed by atoms with E-state index in [1.165, 1.54) is 11.3 Å². The molecule has 3 atom stereocenters. The lowest BCUT2D eigenvalue weighted by atomic mass is 9.89. The molecular formula is C15H27N3O3. The number of hydrogen-bond donors (Lipinski definition) is 2. The average molecular weight is 297 g/mol. The van der Waals surface area contributed by atoms with Crippen molar-refractivity contribution in [2.75, 3.05) is 6.54 Å². The smallest absolute Gasteiger partial charge is 0.332 e. The Labute approximate surface area is 126 Å². The topological polar surface area (TPSA) is 72.9 Å². The first-order chi connectivity index (χ1) is 9.86. The Bertz CT molecular complexity index is 405. The Morgan fingerprint density at radius 3 is 2.33 bits per heavy atom. The van der Waals surface area contributed by atoms with E-state index in [-0.39, 0.29) is 6.03 Å². The number of carboxylic acids is 1. The predicted octanol–water partition coefficient (Wildman–Crippen LogP) is 2.20. The molecule has 2 N–H and O–H groups in total. The maximum atomic E-state index is 12.6. The lowest BCUT2D eigenvalue weighted by Crippen LogP contribution is -2.64. The third kappa shape index (κ3) is 3.15. The molecule has 21 heavy (non-hydrogen) atoms. The van der Waals surface area contributed by atoms with Crippen molar-refractivity contribution >= 4 is 12.0 Å². The van der Waals surface area contributed by atoms with Crippen LogP contribution in [0.25, 0.3) is 0 Å². The van der Waals surface area contributed by atoms with E-state index in [1.807, 2.05) is 5.01 Å². The minimum Gasteiger partial charge on any atom is -0.480 e. The SMILES string of the molecule is CC1CCCC(C)N1NC(=O)N1CCCCC1(C)C(=O)O. The fraction of sp³-hybridized carbons (Fsp3) is 0.867. The summed E-state index contributed by atoms with van der Waals surface area (Å²) in [5.74, 6) is -0.919. The maximum absolute atomic E-state index is 12.6. The van der Waals surface area contributed by atoms with Crippen LogP contribution in [-0.2, 0) is 4.79 Å². The molecule has 6 heteroatoms. The van der Waals surface area contributed by atoms with Crippen molar-refractivity contribution in [1.82, 2.24) is 15.3 Å². The van der Waals surface area contributed by atoms with Gasteiger partial charge in [0.15, 0.2) is 0 Å². The van der Waals surface area contributed by atoms with Crippen LogP contribution in [0.5, 0.6) is 0 Å². The van der Waals surface area contributed by atoms with Gasteiger partial charge < -0.3 is 10.0 Å². The number of nitrogens with zero attached hydrogens (tertiary/aromatic N) is 2. The van der Waals surface area contributed by atoms with E-state index < -0.39 is 11.5 Å². The number of urea groups is 1. The minimum atomic E-state index is -1.09. The fourth-order valence-corrected chi connectivity index (χ4v) is 3.48. The van der Waals surface area contributed by atoms with E-state index in [1.54, 1.807) is 6.92 Å². The molecule has 120 valence electrons. The molecule has 0 radical (unpaired) electrons. The predicted molar refractivity (Wildman–Crippen MR) is 79.7 cm³/mol. The molecule has 6 nitrogen and oxygen atoms in total. The highest BCUT2D eigenvalue weighted by atomic mass is 16.4. The second kappa shape index (κ2) is 6.22. The molecule has 0 aromatic rings. The summed E-state index contributed by atoms with van der Waals surface area (Å²) >= 11 is 0. The van der Waals surface area contributed by atoms with Crippen LogP contribution < -0.4 is 5.43 Å². The van der Waals surface area contributed by atoms with Gasteiger partial charge in [-0.15, -0.1) is 0 Å². The van der Waals surface area contributed by atoms with Gasteiger partial charge in [0.2, 0.25) is 0 Å². The first-order valence-corrected chi connectivity index (χ1v) is 7.96. The standard InChI is InChI=1S/C15H27N3O3/c1-11-7-6-8-12(2)18(11)16-14(21)17-10-5-4-9-15(17,3)13(19)20/h11-12H,4-10H2,1-3H3,(H,16,21)(H,19,20). The highest BCUT2D eigenvalue weighted by Crippen LogP contribution is 2.29. The normalized spacial score (nSPS) is 34.5. The summed E-state index contributed by atoms with van der Waals surface area (Å²) in [6, 6.07) is 0.303. The summed E-state index contributed by atoms with van der Waals surface area (Å²) in [6.07, 6.45) is 5.51. The number of hydrazine groups is 1. The van der Waals surface area contributed by atoms with Crippen molar-refractivity contribution in [3.05, 3.63) is 0 Å². The number of carbonyl (C=O) groups is 2. The van der Waals surface area contributed by atoms with Crippen LogP contribution in [0.2, 0.25) is 0 Å². The Balaban J connectivity index is 2.09. The van der Waals surface area contributed by atoms with Crippen molar-refractivity contribution < 1.29 is 14.7 Å². The van der Waals surface area contributed by atoms with Crippen molar-refractivity contribution in [2.45, 2.75) is 76.9 Å². The molecular weight excluding hydrogens is 270 g/mol. The van der Waals surface area contributed by atoms with Crippen LogP contribution in [0.1, 0.15) is 59.3 Å². The molecule has 3 unspecified atom stereocenters. The number of amides is 2. The van der Waals surface area contributed by atoms with Gasteiger partial charge in [-0.05, 0) is 52.9 Å².